The topological polar surface area (TPSA) is 83.8 Å². The van der Waals surface area contributed by atoms with Crippen LogP contribution in [-0.2, 0) is 9.63 Å². The first-order chi connectivity index (χ1) is 8.15. The van der Waals surface area contributed by atoms with Gasteiger partial charge < -0.3 is 9.94 Å². The van der Waals surface area contributed by atoms with Gasteiger partial charge in [0.25, 0.3) is 0 Å². The molecular formula is C10H10FN3O3. The Labute approximate surface area is 96.1 Å². The van der Waals surface area contributed by atoms with Crippen LogP contribution in [0.2, 0.25) is 0 Å². The van der Waals surface area contributed by atoms with Crippen LogP contribution in [0.4, 0.5) is 4.39 Å². The van der Waals surface area contributed by atoms with E-state index < -0.39 is 18.0 Å². The van der Waals surface area contributed by atoms with E-state index in [1.54, 1.807) is 0 Å². The molecule has 0 aliphatic carbocycles. The second-order valence-corrected chi connectivity index (χ2v) is 3.44. The molecule has 17 heavy (non-hydrogen) atoms. The van der Waals surface area contributed by atoms with Crippen molar-refractivity contribution in [3.63, 3.8) is 0 Å². The molecule has 90 valence electrons. The number of carboxylic acid groups (broad SMARTS) is 1. The molecule has 2 heterocycles. The molecule has 1 aromatic rings. The molecule has 0 aromatic carbocycles. The van der Waals surface area contributed by atoms with E-state index in [1.807, 2.05) is 0 Å². The highest BCUT2D eigenvalue weighted by Crippen LogP contribution is 2.18. The summed E-state index contributed by atoms with van der Waals surface area (Å²) in [6.07, 6.45) is 0.727. The zero-order valence-electron chi connectivity index (χ0n) is 8.76. The van der Waals surface area contributed by atoms with Crippen LogP contribution in [0.25, 0.3) is 0 Å². The Hall–Kier alpha value is -2.02. The van der Waals surface area contributed by atoms with Crippen molar-refractivity contribution in [2.24, 2.45) is 4.99 Å². The lowest BCUT2D eigenvalue weighted by Crippen LogP contribution is -2.15. The lowest BCUT2D eigenvalue weighted by atomic mass is 10.3. The monoisotopic (exact) mass is 239 g/mol. The highest BCUT2D eigenvalue weighted by atomic mass is 19.1. The standard InChI is InChI=1S/C10H10FN3O3/c11-6-1-2-7(12-5-6)10-13-8(17-14-10)3-4-9(15)16/h1-2,5,10,14H,3-4H2,(H,15,16). The van der Waals surface area contributed by atoms with Gasteiger partial charge in [0.1, 0.15) is 5.82 Å². The van der Waals surface area contributed by atoms with Gasteiger partial charge in [-0.05, 0) is 12.1 Å². The molecule has 0 saturated heterocycles. The van der Waals surface area contributed by atoms with Crippen molar-refractivity contribution in [3.05, 3.63) is 29.8 Å². The van der Waals surface area contributed by atoms with Crippen LogP contribution in [0.5, 0.6) is 0 Å². The van der Waals surface area contributed by atoms with E-state index in [1.165, 1.54) is 12.1 Å². The first-order valence-corrected chi connectivity index (χ1v) is 4.97. The molecule has 0 radical (unpaired) electrons. The maximum atomic E-state index is 12.6. The molecule has 2 rings (SSSR count). The summed E-state index contributed by atoms with van der Waals surface area (Å²) in [4.78, 5) is 23.3. The molecule has 7 heteroatoms. The van der Waals surface area contributed by atoms with E-state index in [2.05, 4.69) is 15.5 Å². The zero-order valence-corrected chi connectivity index (χ0v) is 8.76. The smallest absolute Gasteiger partial charge is 0.303 e. The molecule has 0 spiro atoms. The van der Waals surface area contributed by atoms with Crippen molar-refractivity contribution in [3.8, 4) is 0 Å². The second-order valence-electron chi connectivity index (χ2n) is 3.44. The van der Waals surface area contributed by atoms with Crippen LogP contribution in [0.3, 0.4) is 0 Å². The normalized spacial score (nSPS) is 18.6. The van der Waals surface area contributed by atoms with Gasteiger partial charge in [0, 0.05) is 6.42 Å². The number of hydroxylamine groups is 1. The molecule has 1 aliphatic rings. The number of nitrogens with one attached hydrogen (secondary N) is 1. The van der Waals surface area contributed by atoms with Crippen LogP contribution in [-0.4, -0.2) is 22.0 Å². The summed E-state index contributed by atoms with van der Waals surface area (Å²) in [6.45, 7) is 0. The molecule has 6 nitrogen and oxygen atoms in total. The van der Waals surface area contributed by atoms with Gasteiger partial charge >= 0.3 is 5.97 Å². The van der Waals surface area contributed by atoms with Crippen molar-refractivity contribution in [2.75, 3.05) is 0 Å². The number of aromatic nitrogens is 1. The van der Waals surface area contributed by atoms with Gasteiger partial charge in [-0.25, -0.2) is 9.38 Å². The van der Waals surface area contributed by atoms with E-state index >= 15 is 0 Å². The predicted octanol–water partition coefficient (Wildman–Crippen LogP) is 1.02. The number of rotatable bonds is 4. The first-order valence-electron chi connectivity index (χ1n) is 4.97. The quantitative estimate of drug-likeness (QED) is 0.819. The van der Waals surface area contributed by atoms with E-state index in [-0.39, 0.29) is 12.8 Å². The van der Waals surface area contributed by atoms with Crippen LogP contribution < -0.4 is 5.48 Å². The third-order valence-electron chi connectivity index (χ3n) is 2.14. The number of carbonyl (C=O) groups is 1. The van der Waals surface area contributed by atoms with Crippen molar-refractivity contribution in [1.82, 2.24) is 10.5 Å². The lowest BCUT2D eigenvalue weighted by molar-refractivity contribution is -0.136. The SMILES string of the molecule is O=C(O)CCC1=NC(c2ccc(F)cn2)NO1. The molecule has 0 fully saturated rings. The van der Waals surface area contributed by atoms with Crippen LogP contribution in [0.15, 0.2) is 23.3 Å². The average molecular weight is 239 g/mol. The van der Waals surface area contributed by atoms with Gasteiger partial charge in [-0.3, -0.25) is 9.78 Å². The van der Waals surface area contributed by atoms with Crippen molar-refractivity contribution < 1.29 is 19.1 Å². The van der Waals surface area contributed by atoms with E-state index in [0.29, 0.717) is 11.6 Å². The summed E-state index contributed by atoms with van der Waals surface area (Å²) < 4.78 is 12.6. The van der Waals surface area contributed by atoms with E-state index in [9.17, 15) is 9.18 Å². The average Bonchev–Trinajstić information content (AvgIpc) is 2.76. The van der Waals surface area contributed by atoms with Gasteiger partial charge in [-0.1, -0.05) is 0 Å². The summed E-state index contributed by atoms with van der Waals surface area (Å²) in [6, 6.07) is 2.76. The molecule has 0 saturated carbocycles. The summed E-state index contributed by atoms with van der Waals surface area (Å²) in [7, 11) is 0. The van der Waals surface area contributed by atoms with Crippen molar-refractivity contribution >= 4 is 11.9 Å². The molecule has 0 bridgehead atoms. The Balaban J connectivity index is 2.00. The number of aliphatic imine (C=N–C) groups is 1. The predicted molar refractivity (Wildman–Crippen MR) is 55.5 cm³/mol. The first kappa shape index (κ1) is 11.5. The van der Waals surface area contributed by atoms with Crippen LogP contribution >= 0.6 is 0 Å². The minimum atomic E-state index is -0.917. The lowest BCUT2D eigenvalue weighted by Gasteiger charge is -2.04. The van der Waals surface area contributed by atoms with Gasteiger partial charge in [-0.15, -0.1) is 5.48 Å². The summed E-state index contributed by atoms with van der Waals surface area (Å²) >= 11 is 0. The number of hydrogen-bond acceptors (Lipinski definition) is 5. The number of carboxylic acids is 1. The van der Waals surface area contributed by atoms with Gasteiger partial charge in [0.05, 0.1) is 18.3 Å². The third-order valence-corrected chi connectivity index (χ3v) is 2.14. The van der Waals surface area contributed by atoms with Crippen molar-refractivity contribution in [2.45, 2.75) is 19.0 Å². The van der Waals surface area contributed by atoms with Gasteiger partial charge in [0.15, 0.2) is 6.17 Å². The molecule has 2 N–H and O–H groups in total. The van der Waals surface area contributed by atoms with Gasteiger partial charge in [-0.2, -0.15) is 0 Å². The Morgan fingerprint density at radius 2 is 2.41 bits per heavy atom. The number of pyridine rings is 1. The Morgan fingerprint density at radius 3 is 3.06 bits per heavy atom. The van der Waals surface area contributed by atoms with E-state index in [0.717, 1.165) is 6.20 Å². The molecular weight excluding hydrogens is 229 g/mol. The molecule has 1 atom stereocenters. The second kappa shape index (κ2) is 4.88. The largest absolute Gasteiger partial charge is 0.481 e. The number of hydrogen-bond donors (Lipinski definition) is 2. The number of aliphatic carboxylic acids is 1. The summed E-state index contributed by atoms with van der Waals surface area (Å²) in [5.41, 5.74) is 3.10. The Morgan fingerprint density at radius 1 is 1.59 bits per heavy atom. The fraction of sp³-hybridized carbons (Fsp3) is 0.300. The maximum absolute atomic E-state index is 12.6. The number of halogens is 1. The minimum Gasteiger partial charge on any atom is -0.481 e. The van der Waals surface area contributed by atoms with Crippen LogP contribution in [0.1, 0.15) is 24.7 Å². The van der Waals surface area contributed by atoms with Gasteiger partial charge in [0.2, 0.25) is 5.90 Å². The highest BCUT2D eigenvalue weighted by molar-refractivity contribution is 5.81. The summed E-state index contributed by atoms with van der Waals surface area (Å²) in [5, 5.41) is 8.50. The molecule has 1 unspecified atom stereocenters. The highest BCUT2D eigenvalue weighted by Gasteiger charge is 2.21. The fourth-order valence-corrected chi connectivity index (χ4v) is 1.33. The minimum absolute atomic E-state index is 0.0515. The molecule has 0 amide bonds. The maximum Gasteiger partial charge on any atom is 0.303 e. The Kier molecular flexibility index (Phi) is 3.29. The molecule has 1 aromatic heterocycles. The Bertz CT molecular complexity index is 447. The molecule has 1 aliphatic heterocycles. The zero-order chi connectivity index (χ0) is 12.3. The van der Waals surface area contributed by atoms with E-state index in [4.69, 9.17) is 9.94 Å². The fourth-order valence-electron chi connectivity index (χ4n) is 1.33. The van der Waals surface area contributed by atoms with Crippen LogP contribution in [0, 0.1) is 5.82 Å². The summed E-state index contributed by atoms with van der Waals surface area (Å²) in [5.74, 6) is -1.04. The third kappa shape index (κ3) is 2.97. The number of nitrogens with zero attached hydrogens (tertiary/aromatic N) is 2. The van der Waals surface area contributed by atoms with Crippen molar-refractivity contribution in [1.29, 1.82) is 0 Å².